The van der Waals surface area contributed by atoms with Gasteiger partial charge in [0, 0.05) is 10.9 Å². The number of esters is 1. The molecule has 5 aromatic rings. The summed E-state index contributed by atoms with van der Waals surface area (Å²) >= 11 is 6.98. The lowest BCUT2D eigenvalue weighted by atomic mass is 10.0. The van der Waals surface area contributed by atoms with Gasteiger partial charge in [-0.05, 0) is 43.4 Å². The Morgan fingerprint density at radius 1 is 1.03 bits per heavy atom. The second kappa shape index (κ2) is 8.06. The summed E-state index contributed by atoms with van der Waals surface area (Å²) in [5, 5.41) is 0.766. The van der Waals surface area contributed by atoms with Crippen LogP contribution in [-0.4, -0.2) is 15.5 Å². The Morgan fingerprint density at radius 3 is 2.61 bits per heavy atom. The molecule has 5 rings (SSSR count). The Bertz CT molecular complexity index is 1480. The molecule has 0 unspecified atom stereocenters. The number of thiazole rings is 1. The maximum absolute atomic E-state index is 13.1. The van der Waals surface area contributed by atoms with Crippen molar-refractivity contribution in [2.75, 3.05) is 0 Å². The molecule has 6 heteroatoms. The summed E-state index contributed by atoms with van der Waals surface area (Å²) in [7, 11) is 0. The lowest BCUT2D eigenvalue weighted by Gasteiger charge is -2.11. The van der Waals surface area contributed by atoms with Crippen molar-refractivity contribution in [2.24, 2.45) is 0 Å². The third kappa shape index (κ3) is 3.76. The monoisotopic (exact) mass is 442 g/mol. The highest BCUT2D eigenvalue weighted by Crippen LogP contribution is 2.27. The van der Waals surface area contributed by atoms with Gasteiger partial charge in [-0.3, -0.25) is 4.57 Å². The van der Waals surface area contributed by atoms with E-state index in [1.165, 1.54) is 16.9 Å². The van der Waals surface area contributed by atoms with Crippen molar-refractivity contribution in [2.45, 2.75) is 13.7 Å². The maximum Gasteiger partial charge on any atom is 0.340 e. The number of pyridine rings is 1. The standard InChI is InChI=1S/C25H18N2O2S2/c1-16-10-12-17(13-11-16)21-14-19(18-6-2-3-7-20(18)26-21)24(28)29-15-27-22-8-4-5-9-23(22)31-25(27)30/h2-14H,15H2,1H3. The van der Waals surface area contributed by atoms with Crippen LogP contribution in [0.25, 0.3) is 32.4 Å². The van der Waals surface area contributed by atoms with Gasteiger partial charge in [0.05, 0.1) is 27.0 Å². The van der Waals surface area contributed by atoms with Gasteiger partial charge < -0.3 is 4.74 Å². The summed E-state index contributed by atoms with van der Waals surface area (Å²) in [4.78, 5) is 17.9. The molecule has 0 N–H and O–H groups in total. The summed E-state index contributed by atoms with van der Waals surface area (Å²) in [6, 6.07) is 25.4. The summed E-state index contributed by atoms with van der Waals surface area (Å²) in [6.45, 7) is 2.11. The first kappa shape index (κ1) is 19.6. The van der Waals surface area contributed by atoms with E-state index in [1.807, 2.05) is 84.3 Å². The van der Waals surface area contributed by atoms with Gasteiger partial charge in [0.25, 0.3) is 0 Å². The average Bonchev–Trinajstić information content (AvgIpc) is 3.12. The van der Waals surface area contributed by atoms with Crippen molar-refractivity contribution in [3.05, 3.63) is 93.9 Å². The van der Waals surface area contributed by atoms with Gasteiger partial charge in [0.1, 0.15) is 0 Å². The first-order chi connectivity index (χ1) is 15.1. The van der Waals surface area contributed by atoms with Crippen LogP contribution in [0.5, 0.6) is 0 Å². The molecule has 0 fully saturated rings. The number of hydrogen-bond donors (Lipinski definition) is 0. The third-order valence-electron chi connectivity index (χ3n) is 5.18. The Labute approximate surface area is 188 Å². The van der Waals surface area contributed by atoms with Gasteiger partial charge in [-0.25, -0.2) is 9.78 Å². The van der Waals surface area contributed by atoms with Crippen LogP contribution in [0.15, 0.2) is 78.9 Å². The second-order valence-corrected chi connectivity index (χ2v) is 8.94. The second-order valence-electron chi connectivity index (χ2n) is 7.26. The van der Waals surface area contributed by atoms with Crippen LogP contribution in [0.1, 0.15) is 15.9 Å². The first-order valence-electron chi connectivity index (χ1n) is 9.82. The fourth-order valence-corrected chi connectivity index (χ4v) is 4.85. The molecule has 0 saturated carbocycles. The number of aryl methyl sites for hydroxylation is 1. The van der Waals surface area contributed by atoms with E-state index < -0.39 is 5.97 Å². The van der Waals surface area contributed by atoms with Crippen molar-refractivity contribution >= 4 is 50.6 Å². The smallest absolute Gasteiger partial charge is 0.340 e. The molecule has 0 amide bonds. The van der Waals surface area contributed by atoms with E-state index in [4.69, 9.17) is 21.9 Å². The molecular formula is C25H18N2O2S2. The van der Waals surface area contributed by atoms with E-state index in [0.29, 0.717) is 9.52 Å². The zero-order valence-corrected chi connectivity index (χ0v) is 18.4. The zero-order chi connectivity index (χ0) is 21.4. The minimum atomic E-state index is -0.399. The lowest BCUT2D eigenvalue weighted by molar-refractivity contribution is 0.0381. The minimum absolute atomic E-state index is 0.0677. The molecule has 0 atom stereocenters. The van der Waals surface area contributed by atoms with Gasteiger partial charge in [0.2, 0.25) is 0 Å². The molecule has 0 aliphatic heterocycles. The molecule has 0 aliphatic rings. The molecule has 152 valence electrons. The Balaban J connectivity index is 1.52. The number of ether oxygens (including phenoxy) is 1. The normalized spacial score (nSPS) is 11.1. The molecule has 0 spiro atoms. The Morgan fingerprint density at radius 2 is 1.77 bits per heavy atom. The molecule has 0 saturated heterocycles. The fraction of sp³-hybridized carbons (Fsp3) is 0.0800. The van der Waals surface area contributed by atoms with E-state index >= 15 is 0 Å². The molecular weight excluding hydrogens is 424 g/mol. The number of aromatic nitrogens is 2. The average molecular weight is 443 g/mol. The number of rotatable bonds is 4. The SMILES string of the molecule is Cc1ccc(-c2cc(C(=O)OCn3c(=S)sc4ccccc43)c3ccccc3n2)cc1. The Kier molecular flexibility index (Phi) is 5.10. The van der Waals surface area contributed by atoms with Crippen LogP contribution in [0.4, 0.5) is 0 Å². The minimum Gasteiger partial charge on any atom is -0.440 e. The number of fused-ring (bicyclic) bond motifs is 2. The molecule has 3 aromatic carbocycles. The van der Waals surface area contributed by atoms with Gasteiger partial charge in [0.15, 0.2) is 10.7 Å². The number of para-hydroxylation sites is 2. The van der Waals surface area contributed by atoms with Gasteiger partial charge in [-0.1, -0.05) is 60.2 Å². The van der Waals surface area contributed by atoms with Crippen molar-refractivity contribution in [1.82, 2.24) is 9.55 Å². The van der Waals surface area contributed by atoms with Crippen LogP contribution < -0.4 is 0 Å². The number of carbonyl (C=O) groups excluding carboxylic acids is 1. The topological polar surface area (TPSA) is 44.1 Å². The molecule has 4 nitrogen and oxygen atoms in total. The van der Waals surface area contributed by atoms with Crippen LogP contribution in [0, 0.1) is 10.9 Å². The van der Waals surface area contributed by atoms with Gasteiger partial charge in [-0.2, -0.15) is 0 Å². The summed E-state index contributed by atoms with van der Waals surface area (Å²) in [5.41, 5.74) is 5.08. The van der Waals surface area contributed by atoms with Crippen LogP contribution in [0.3, 0.4) is 0 Å². The number of benzene rings is 3. The van der Waals surface area contributed by atoms with E-state index in [0.717, 1.165) is 32.4 Å². The van der Waals surface area contributed by atoms with E-state index in [9.17, 15) is 4.79 Å². The predicted octanol–water partition coefficient (Wildman–Crippen LogP) is 6.77. The van der Waals surface area contributed by atoms with E-state index in [-0.39, 0.29) is 6.73 Å². The molecule has 31 heavy (non-hydrogen) atoms. The zero-order valence-electron chi connectivity index (χ0n) is 16.7. The lowest BCUT2D eigenvalue weighted by Crippen LogP contribution is -2.11. The number of nitrogens with zero attached hydrogens (tertiary/aromatic N) is 2. The Hall–Kier alpha value is -3.35. The van der Waals surface area contributed by atoms with Crippen molar-refractivity contribution in [3.63, 3.8) is 0 Å². The van der Waals surface area contributed by atoms with Crippen LogP contribution in [-0.2, 0) is 11.5 Å². The number of carbonyl (C=O) groups is 1. The largest absolute Gasteiger partial charge is 0.440 e. The highest BCUT2D eigenvalue weighted by molar-refractivity contribution is 7.73. The summed E-state index contributed by atoms with van der Waals surface area (Å²) in [6.07, 6.45) is 0. The quantitative estimate of drug-likeness (QED) is 0.228. The molecule has 2 aromatic heterocycles. The fourth-order valence-electron chi connectivity index (χ4n) is 3.55. The van der Waals surface area contributed by atoms with Crippen molar-refractivity contribution in [1.29, 1.82) is 0 Å². The van der Waals surface area contributed by atoms with E-state index in [1.54, 1.807) is 6.07 Å². The van der Waals surface area contributed by atoms with Gasteiger partial charge >= 0.3 is 5.97 Å². The predicted molar refractivity (Wildman–Crippen MR) is 128 cm³/mol. The number of hydrogen-bond acceptors (Lipinski definition) is 5. The maximum atomic E-state index is 13.1. The van der Waals surface area contributed by atoms with Crippen molar-refractivity contribution in [3.8, 4) is 11.3 Å². The highest BCUT2D eigenvalue weighted by atomic mass is 32.1. The molecule has 2 heterocycles. The molecule has 0 radical (unpaired) electrons. The third-order valence-corrected chi connectivity index (χ3v) is 6.61. The van der Waals surface area contributed by atoms with Crippen molar-refractivity contribution < 1.29 is 9.53 Å². The first-order valence-corrected chi connectivity index (χ1v) is 11.0. The molecule has 0 aliphatic carbocycles. The van der Waals surface area contributed by atoms with E-state index in [2.05, 4.69) is 0 Å². The summed E-state index contributed by atoms with van der Waals surface area (Å²) < 4.78 is 9.30. The molecule has 0 bridgehead atoms. The summed E-state index contributed by atoms with van der Waals surface area (Å²) in [5.74, 6) is -0.399. The van der Waals surface area contributed by atoms with Gasteiger partial charge in [-0.15, -0.1) is 11.3 Å². The van der Waals surface area contributed by atoms with Crippen LogP contribution in [0.2, 0.25) is 0 Å². The highest BCUT2D eigenvalue weighted by Gasteiger charge is 2.16. The van der Waals surface area contributed by atoms with Crippen LogP contribution >= 0.6 is 23.6 Å².